The van der Waals surface area contributed by atoms with Gasteiger partial charge in [0.05, 0.1) is 10.6 Å². The molecule has 2 aromatic rings. The molecule has 5 heteroatoms. The third-order valence-corrected chi connectivity index (χ3v) is 5.21. The molecule has 0 aliphatic rings. The minimum atomic E-state index is -3.57. The van der Waals surface area contributed by atoms with E-state index in [1.807, 2.05) is 32.0 Å². The molecule has 20 heavy (non-hydrogen) atoms. The first-order chi connectivity index (χ1) is 9.32. The van der Waals surface area contributed by atoms with Crippen LogP contribution in [0.1, 0.15) is 11.1 Å². The fraction of sp³-hybridized carbons (Fsp3) is 0.200. The Hall–Kier alpha value is -1.52. The largest absolute Gasteiger partial charge is 0.269 e. The highest BCUT2D eigenvalue weighted by Gasteiger charge is 2.22. The number of aryl methyl sites for hydroxylation is 2. The van der Waals surface area contributed by atoms with Crippen molar-refractivity contribution in [2.75, 3.05) is 11.4 Å². The lowest BCUT2D eigenvalue weighted by Crippen LogP contribution is -2.27. The molecule has 0 aliphatic heterocycles. The summed E-state index contributed by atoms with van der Waals surface area (Å²) in [6.45, 7) is 3.83. The van der Waals surface area contributed by atoms with Crippen molar-refractivity contribution in [1.29, 1.82) is 0 Å². The number of anilines is 1. The van der Waals surface area contributed by atoms with Gasteiger partial charge in [0, 0.05) is 12.1 Å². The second-order valence-corrected chi connectivity index (χ2v) is 7.12. The lowest BCUT2D eigenvalue weighted by molar-refractivity contribution is 0.594. The van der Waals surface area contributed by atoms with Crippen molar-refractivity contribution in [3.8, 4) is 0 Å². The molecule has 0 saturated carbocycles. The van der Waals surface area contributed by atoms with E-state index in [0.29, 0.717) is 10.7 Å². The number of rotatable bonds is 3. The third kappa shape index (κ3) is 2.81. The Kier molecular flexibility index (Phi) is 4.06. The van der Waals surface area contributed by atoms with Crippen molar-refractivity contribution in [3.05, 3.63) is 58.6 Å². The van der Waals surface area contributed by atoms with Gasteiger partial charge in [0.2, 0.25) is 0 Å². The summed E-state index contributed by atoms with van der Waals surface area (Å²) in [5, 5.41) is 0.512. The maximum atomic E-state index is 12.6. The predicted molar refractivity (Wildman–Crippen MR) is 83.0 cm³/mol. The first-order valence-electron chi connectivity index (χ1n) is 6.14. The Balaban J connectivity index is 2.48. The zero-order valence-electron chi connectivity index (χ0n) is 11.6. The monoisotopic (exact) mass is 309 g/mol. The van der Waals surface area contributed by atoms with Gasteiger partial charge < -0.3 is 0 Å². The molecule has 0 heterocycles. The molecule has 106 valence electrons. The van der Waals surface area contributed by atoms with Crippen molar-refractivity contribution in [3.63, 3.8) is 0 Å². The van der Waals surface area contributed by atoms with Crippen molar-refractivity contribution in [2.45, 2.75) is 18.7 Å². The smallest absolute Gasteiger partial charge is 0.264 e. The third-order valence-electron chi connectivity index (χ3n) is 3.18. The van der Waals surface area contributed by atoms with Crippen LogP contribution in [0.25, 0.3) is 0 Å². The van der Waals surface area contributed by atoms with Gasteiger partial charge in [-0.2, -0.15) is 0 Å². The van der Waals surface area contributed by atoms with Crippen LogP contribution in [0.5, 0.6) is 0 Å². The highest BCUT2D eigenvalue weighted by molar-refractivity contribution is 7.92. The van der Waals surface area contributed by atoms with Crippen LogP contribution < -0.4 is 4.31 Å². The molecule has 0 aromatic heterocycles. The van der Waals surface area contributed by atoms with E-state index >= 15 is 0 Å². The average molecular weight is 310 g/mol. The fourth-order valence-electron chi connectivity index (χ4n) is 1.95. The number of hydrogen-bond donors (Lipinski definition) is 0. The van der Waals surface area contributed by atoms with Gasteiger partial charge in [0.15, 0.2) is 0 Å². The quantitative estimate of drug-likeness (QED) is 0.865. The number of sulfonamides is 1. The Morgan fingerprint density at radius 1 is 1.00 bits per heavy atom. The summed E-state index contributed by atoms with van der Waals surface area (Å²) in [6, 6.07) is 11.9. The second kappa shape index (κ2) is 5.46. The summed E-state index contributed by atoms with van der Waals surface area (Å²) in [7, 11) is -2.01. The summed E-state index contributed by atoms with van der Waals surface area (Å²) < 4.78 is 26.5. The molecule has 0 spiro atoms. The Morgan fingerprint density at radius 3 is 2.20 bits per heavy atom. The maximum absolute atomic E-state index is 12.6. The minimum Gasteiger partial charge on any atom is -0.269 e. The van der Waals surface area contributed by atoms with Crippen LogP contribution in [0.4, 0.5) is 5.69 Å². The molecule has 0 amide bonds. The normalized spacial score (nSPS) is 11.4. The van der Waals surface area contributed by atoms with Crippen LogP contribution in [0.2, 0.25) is 5.02 Å². The van der Waals surface area contributed by atoms with Gasteiger partial charge >= 0.3 is 0 Å². The molecule has 0 radical (unpaired) electrons. The summed E-state index contributed by atoms with van der Waals surface area (Å²) in [5.74, 6) is 0. The topological polar surface area (TPSA) is 37.4 Å². The number of hydrogen-bond acceptors (Lipinski definition) is 2. The Labute approximate surface area is 124 Å². The summed E-state index contributed by atoms with van der Waals surface area (Å²) in [4.78, 5) is 0.227. The maximum Gasteiger partial charge on any atom is 0.264 e. The van der Waals surface area contributed by atoms with Crippen molar-refractivity contribution in [2.24, 2.45) is 0 Å². The molecule has 0 atom stereocenters. The highest BCUT2D eigenvalue weighted by Crippen LogP contribution is 2.26. The van der Waals surface area contributed by atoms with Crippen LogP contribution in [0, 0.1) is 13.8 Å². The van der Waals surface area contributed by atoms with Crippen molar-refractivity contribution >= 4 is 27.3 Å². The summed E-state index contributed by atoms with van der Waals surface area (Å²) >= 11 is 5.80. The van der Waals surface area contributed by atoms with Crippen molar-refractivity contribution < 1.29 is 8.42 Å². The van der Waals surface area contributed by atoms with E-state index in [2.05, 4.69) is 0 Å². The lowest BCUT2D eigenvalue weighted by atomic mass is 10.1. The van der Waals surface area contributed by atoms with Crippen LogP contribution in [0.3, 0.4) is 0 Å². The van der Waals surface area contributed by atoms with Crippen LogP contribution in [-0.4, -0.2) is 15.5 Å². The first kappa shape index (κ1) is 14.9. The van der Waals surface area contributed by atoms with E-state index in [4.69, 9.17) is 11.6 Å². The Morgan fingerprint density at radius 2 is 1.60 bits per heavy atom. The summed E-state index contributed by atoms with van der Waals surface area (Å²) in [6.07, 6.45) is 0. The van der Waals surface area contributed by atoms with Gasteiger partial charge in [0.1, 0.15) is 0 Å². The minimum absolute atomic E-state index is 0.227. The standard InChI is InChI=1S/C15H16ClNO2S/c1-11-4-5-12(2)15(10-11)17(3)20(18,19)14-8-6-13(16)7-9-14/h4-10H,1-3H3. The van der Waals surface area contributed by atoms with Crippen LogP contribution in [0.15, 0.2) is 47.4 Å². The molecule has 0 saturated heterocycles. The van der Waals surface area contributed by atoms with Gasteiger partial charge in [-0.1, -0.05) is 23.7 Å². The number of benzene rings is 2. The van der Waals surface area contributed by atoms with E-state index in [9.17, 15) is 8.42 Å². The van der Waals surface area contributed by atoms with E-state index in [1.54, 1.807) is 19.2 Å². The van der Waals surface area contributed by atoms with Crippen LogP contribution >= 0.6 is 11.6 Å². The molecule has 0 aliphatic carbocycles. The van der Waals surface area contributed by atoms with Gasteiger partial charge in [-0.15, -0.1) is 0 Å². The predicted octanol–water partition coefficient (Wildman–Crippen LogP) is 3.78. The zero-order chi connectivity index (χ0) is 14.9. The molecule has 3 nitrogen and oxygen atoms in total. The average Bonchev–Trinajstić information content (AvgIpc) is 2.41. The van der Waals surface area contributed by atoms with E-state index in [-0.39, 0.29) is 4.90 Å². The first-order valence-corrected chi connectivity index (χ1v) is 7.96. The molecule has 0 N–H and O–H groups in total. The molecular weight excluding hydrogens is 294 g/mol. The molecule has 0 fully saturated rings. The molecule has 0 unspecified atom stereocenters. The zero-order valence-corrected chi connectivity index (χ0v) is 13.2. The SMILES string of the molecule is Cc1ccc(C)c(N(C)S(=O)(=O)c2ccc(Cl)cc2)c1. The van der Waals surface area contributed by atoms with E-state index in [0.717, 1.165) is 11.1 Å². The number of nitrogens with zero attached hydrogens (tertiary/aromatic N) is 1. The van der Waals surface area contributed by atoms with E-state index < -0.39 is 10.0 Å². The highest BCUT2D eigenvalue weighted by atomic mass is 35.5. The van der Waals surface area contributed by atoms with E-state index in [1.165, 1.54) is 16.4 Å². The van der Waals surface area contributed by atoms with Gasteiger partial charge in [-0.05, 0) is 55.3 Å². The second-order valence-electron chi connectivity index (χ2n) is 4.72. The van der Waals surface area contributed by atoms with Crippen molar-refractivity contribution in [1.82, 2.24) is 0 Å². The van der Waals surface area contributed by atoms with Crippen LogP contribution in [-0.2, 0) is 10.0 Å². The molecule has 2 aromatic carbocycles. The molecule has 0 bridgehead atoms. The molecular formula is C15H16ClNO2S. The van der Waals surface area contributed by atoms with Gasteiger partial charge in [-0.25, -0.2) is 8.42 Å². The fourth-order valence-corrected chi connectivity index (χ4v) is 3.33. The van der Waals surface area contributed by atoms with Gasteiger partial charge in [-0.3, -0.25) is 4.31 Å². The number of halogens is 1. The van der Waals surface area contributed by atoms with Gasteiger partial charge in [0.25, 0.3) is 10.0 Å². The Bertz CT molecular complexity index is 724. The lowest BCUT2D eigenvalue weighted by Gasteiger charge is -2.22. The summed E-state index contributed by atoms with van der Waals surface area (Å²) in [5.41, 5.74) is 2.61. The molecule has 2 rings (SSSR count).